The molecular formula is C18H31NO2. The molecule has 120 valence electrons. The highest BCUT2D eigenvalue weighted by atomic mass is 16.7. The molecule has 0 aromatic rings. The molecule has 3 nitrogen and oxygen atoms in total. The van der Waals surface area contributed by atoms with Crippen LogP contribution in [-0.4, -0.2) is 12.2 Å². The van der Waals surface area contributed by atoms with Crippen molar-refractivity contribution in [2.24, 2.45) is 5.16 Å². The van der Waals surface area contributed by atoms with Crippen LogP contribution in [0.1, 0.15) is 79.1 Å². The molecule has 0 rings (SSSR count). The molecule has 0 heterocycles. The Morgan fingerprint density at radius 2 is 1.76 bits per heavy atom. The molecule has 0 aromatic carbocycles. The number of nitrogens with zero attached hydrogens (tertiary/aromatic N) is 1. The Morgan fingerprint density at radius 1 is 1.05 bits per heavy atom. The van der Waals surface area contributed by atoms with E-state index in [0.717, 1.165) is 25.7 Å². The van der Waals surface area contributed by atoms with Crippen LogP contribution in [0.4, 0.5) is 0 Å². The molecule has 3 heteroatoms. The Bertz CT molecular complexity index is 363. The number of unbranched alkanes of at least 4 members (excludes halogenated alkanes) is 4. The Hall–Kier alpha value is -1.38. The Kier molecular flexibility index (Phi) is 12.7. The van der Waals surface area contributed by atoms with Crippen LogP contribution in [0.3, 0.4) is 0 Å². The van der Waals surface area contributed by atoms with Crippen molar-refractivity contribution >= 4 is 12.2 Å². The summed E-state index contributed by atoms with van der Waals surface area (Å²) >= 11 is 0. The number of hydrogen-bond acceptors (Lipinski definition) is 3. The molecule has 0 spiro atoms. The second kappa shape index (κ2) is 13.6. The fourth-order valence-corrected chi connectivity index (χ4v) is 1.84. The first-order valence-corrected chi connectivity index (χ1v) is 8.08. The van der Waals surface area contributed by atoms with E-state index in [-0.39, 0.29) is 5.97 Å². The molecule has 0 aliphatic rings. The van der Waals surface area contributed by atoms with Crippen molar-refractivity contribution < 1.29 is 9.63 Å². The van der Waals surface area contributed by atoms with Crippen LogP contribution in [0.2, 0.25) is 0 Å². The fourth-order valence-electron chi connectivity index (χ4n) is 1.84. The van der Waals surface area contributed by atoms with E-state index in [1.165, 1.54) is 30.4 Å². The van der Waals surface area contributed by atoms with Crippen molar-refractivity contribution in [2.75, 3.05) is 0 Å². The van der Waals surface area contributed by atoms with Crippen molar-refractivity contribution in [1.29, 1.82) is 0 Å². The van der Waals surface area contributed by atoms with Gasteiger partial charge in [-0.3, -0.25) is 0 Å². The maximum absolute atomic E-state index is 11.4. The van der Waals surface area contributed by atoms with E-state index in [9.17, 15) is 4.79 Å². The van der Waals surface area contributed by atoms with Crippen molar-refractivity contribution in [1.82, 2.24) is 0 Å². The van der Waals surface area contributed by atoms with Gasteiger partial charge in [0.05, 0.1) is 6.21 Å². The van der Waals surface area contributed by atoms with Gasteiger partial charge >= 0.3 is 5.97 Å². The maximum Gasteiger partial charge on any atom is 0.335 e. The third-order valence-corrected chi connectivity index (χ3v) is 3.15. The first-order chi connectivity index (χ1) is 10.1. The topological polar surface area (TPSA) is 38.7 Å². The van der Waals surface area contributed by atoms with E-state index in [1.54, 1.807) is 6.21 Å². The van der Waals surface area contributed by atoms with E-state index in [2.05, 4.69) is 38.9 Å². The van der Waals surface area contributed by atoms with Gasteiger partial charge in [-0.05, 0) is 46.1 Å². The summed E-state index contributed by atoms with van der Waals surface area (Å²) in [5.41, 5.74) is 2.57. The van der Waals surface area contributed by atoms with Gasteiger partial charge in [-0.15, -0.1) is 0 Å². The first-order valence-electron chi connectivity index (χ1n) is 8.08. The normalized spacial score (nSPS) is 11.7. The van der Waals surface area contributed by atoms with Crippen molar-refractivity contribution in [2.45, 2.75) is 79.1 Å². The molecule has 0 bridgehead atoms. The molecule has 0 unspecified atom stereocenters. The number of carbonyl (C=O) groups is 1. The van der Waals surface area contributed by atoms with Gasteiger partial charge < -0.3 is 4.84 Å². The minimum atomic E-state index is -0.238. The third kappa shape index (κ3) is 14.8. The molecule has 0 aromatic heterocycles. The molecule has 0 aliphatic carbocycles. The summed E-state index contributed by atoms with van der Waals surface area (Å²) in [4.78, 5) is 16.2. The molecule has 0 amide bonds. The summed E-state index contributed by atoms with van der Waals surface area (Å²) in [7, 11) is 0. The summed E-state index contributed by atoms with van der Waals surface area (Å²) in [5, 5.41) is 3.70. The van der Waals surface area contributed by atoms with Gasteiger partial charge in [0.1, 0.15) is 0 Å². The summed E-state index contributed by atoms with van der Waals surface area (Å²) in [6.45, 7) is 8.43. The zero-order valence-corrected chi connectivity index (χ0v) is 14.2. The van der Waals surface area contributed by atoms with Gasteiger partial charge in [0.25, 0.3) is 0 Å². The summed E-state index contributed by atoms with van der Waals surface area (Å²) in [5.74, 6) is -0.238. The van der Waals surface area contributed by atoms with Crippen LogP contribution >= 0.6 is 0 Å². The zero-order chi connectivity index (χ0) is 15.9. The van der Waals surface area contributed by atoms with Crippen LogP contribution < -0.4 is 0 Å². The molecule has 0 aliphatic heterocycles. The zero-order valence-electron chi connectivity index (χ0n) is 14.2. The lowest BCUT2D eigenvalue weighted by atomic mass is 10.1. The molecule has 0 saturated carbocycles. The molecule has 0 radical (unpaired) electrons. The Morgan fingerprint density at radius 3 is 2.43 bits per heavy atom. The van der Waals surface area contributed by atoms with Gasteiger partial charge in [0.15, 0.2) is 0 Å². The van der Waals surface area contributed by atoms with E-state index >= 15 is 0 Å². The SMILES string of the molecule is CCCCCCCC(=O)ON=CC=C(C)CCC=C(C)C. The summed E-state index contributed by atoms with van der Waals surface area (Å²) in [6.07, 6.45) is 13.8. The van der Waals surface area contributed by atoms with E-state index in [1.807, 2.05) is 6.08 Å². The van der Waals surface area contributed by atoms with E-state index in [0.29, 0.717) is 6.42 Å². The number of oxime groups is 1. The predicted octanol–water partition coefficient (Wildman–Crippen LogP) is 5.57. The average Bonchev–Trinajstić information content (AvgIpc) is 2.43. The lowest BCUT2D eigenvalue weighted by Gasteiger charge is -1.98. The summed E-state index contributed by atoms with van der Waals surface area (Å²) < 4.78 is 0. The monoisotopic (exact) mass is 293 g/mol. The number of allylic oxidation sites excluding steroid dienone is 4. The number of rotatable bonds is 11. The average molecular weight is 293 g/mol. The van der Waals surface area contributed by atoms with E-state index < -0.39 is 0 Å². The minimum Gasteiger partial charge on any atom is -0.318 e. The molecule has 0 N–H and O–H groups in total. The molecule has 0 atom stereocenters. The van der Waals surface area contributed by atoms with Crippen molar-refractivity contribution in [3.63, 3.8) is 0 Å². The van der Waals surface area contributed by atoms with E-state index in [4.69, 9.17) is 4.84 Å². The maximum atomic E-state index is 11.4. The first kappa shape index (κ1) is 19.6. The van der Waals surface area contributed by atoms with Crippen LogP contribution in [0.15, 0.2) is 28.5 Å². The summed E-state index contributed by atoms with van der Waals surface area (Å²) in [6, 6.07) is 0. The lowest BCUT2D eigenvalue weighted by molar-refractivity contribution is -0.143. The van der Waals surface area contributed by atoms with Gasteiger partial charge in [-0.1, -0.05) is 55.0 Å². The van der Waals surface area contributed by atoms with Crippen molar-refractivity contribution in [3.8, 4) is 0 Å². The van der Waals surface area contributed by atoms with Crippen LogP contribution in [-0.2, 0) is 9.63 Å². The molecule has 21 heavy (non-hydrogen) atoms. The highest BCUT2D eigenvalue weighted by molar-refractivity contribution is 5.74. The lowest BCUT2D eigenvalue weighted by Crippen LogP contribution is -1.99. The largest absolute Gasteiger partial charge is 0.335 e. The number of carbonyl (C=O) groups excluding carboxylic acids is 1. The Balaban J connectivity index is 3.73. The predicted molar refractivity (Wildman–Crippen MR) is 90.4 cm³/mol. The van der Waals surface area contributed by atoms with Crippen molar-refractivity contribution in [3.05, 3.63) is 23.3 Å². The minimum absolute atomic E-state index is 0.238. The van der Waals surface area contributed by atoms with Crippen LogP contribution in [0.5, 0.6) is 0 Å². The second-order valence-electron chi connectivity index (χ2n) is 5.72. The van der Waals surface area contributed by atoms with Crippen LogP contribution in [0, 0.1) is 0 Å². The van der Waals surface area contributed by atoms with Gasteiger partial charge in [0, 0.05) is 6.42 Å². The second-order valence-corrected chi connectivity index (χ2v) is 5.72. The van der Waals surface area contributed by atoms with Gasteiger partial charge in [0.2, 0.25) is 0 Å². The standard InChI is InChI=1S/C18H31NO2/c1-5-6-7-8-9-13-18(20)21-19-15-14-17(4)12-10-11-16(2)3/h11,14-15H,5-10,12-13H2,1-4H3. The highest BCUT2D eigenvalue weighted by Crippen LogP contribution is 2.07. The molecule has 0 saturated heterocycles. The number of hydrogen-bond donors (Lipinski definition) is 0. The van der Waals surface area contributed by atoms with Crippen LogP contribution in [0.25, 0.3) is 0 Å². The van der Waals surface area contributed by atoms with Gasteiger partial charge in [-0.25, -0.2) is 4.79 Å². The quantitative estimate of drug-likeness (QED) is 0.164. The Labute approximate surface area is 130 Å². The highest BCUT2D eigenvalue weighted by Gasteiger charge is 2.01. The molecule has 0 fully saturated rings. The van der Waals surface area contributed by atoms with Gasteiger partial charge in [-0.2, -0.15) is 0 Å². The molecular weight excluding hydrogens is 262 g/mol. The fraction of sp³-hybridized carbons (Fsp3) is 0.667. The smallest absolute Gasteiger partial charge is 0.318 e. The third-order valence-electron chi connectivity index (χ3n) is 3.15.